The number of nitrogens with zero attached hydrogens (tertiary/aromatic N) is 2. The highest BCUT2D eigenvalue weighted by Crippen LogP contribution is 2.19. The standard InChI is InChI=1S/C19H22N2O6/c1-20-8-3-9-21(11-15(20)19(24)25-2)17(22)12-26-14-6-4-13-5-7-18(23)27-16(13)10-14/h4-7,10,15H,3,8-9,11-12H2,1-2H3. The molecule has 0 saturated carbocycles. The van der Waals surface area contributed by atoms with E-state index in [-0.39, 0.29) is 25.0 Å². The van der Waals surface area contributed by atoms with Crippen LogP contribution in [0.1, 0.15) is 6.42 Å². The third-order valence-electron chi connectivity index (χ3n) is 4.65. The van der Waals surface area contributed by atoms with Crippen molar-refractivity contribution < 1.29 is 23.5 Å². The highest BCUT2D eigenvalue weighted by atomic mass is 16.5. The molecule has 0 aliphatic carbocycles. The van der Waals surface area contributed by atoms with Crippen molar-refractivity contribution in [2.75, 3.05) is 40.4 Å². The lowest BCUT2D eigenvalue weighted by molar-refractivity contribution is -0.147. The minimum atomic E-state index is -0.489. The van der Waals surface area contributed by atoms with Crippen LogP contribution < -0.4 is 10.4 Å². The van der Waals surface area contributed by atoms with Crippen molar-refractivity contribution in [3.05, 3.63) is 40.8 Å². The van der Waals surface area contributed by atoms with E-state index < -0.39 is 11.7 Å². The van der Waals surface area contributed by atoms with Crippen LogP contribution in [0.5, 0.6) is 5.75 Å². The van der Waals surface area contributed by atoms with E-state index in [1.54, 1.807) is 29.2 Å². The van der Waals surface area contributed by atoms with Gasteiger partial charge in [0.15, 0.2) is 6.61 Å². The first-order valence-corrected chi connectivity index (χ1v) is 8.70. The van der Waals surface area contributed by atoms with Crippen LogP contribution in [0.15, 0.2) is 39.5 Å². The van der Waals surface area contributed by atoms with Crippen LogP contribution in [0.2, 0.25) is 0 Å². The van der Waals surface area contributed by atoms with Gasteiger partial charge in [0.25, 0.3) is 5.91 Å². The summed E-state index contributed by atoms with van der Waals surface area (Å²) in [5, 5.41) is 0.768. The molecule has 2 heterocycles. The first-order chi connectivity index (χ1) is 13.0. The van der Waals surface area contributed by atoms with E-state index in [1.807, 2.05) is 11.9 Å². The lowest BCUT2D eigenvalue weighted by atomic mass is 10.2. The fourth-order valence-electron chi connectivity index (χ4n) is 3.09. The van der Waals surface area contributed by atoms with Crippen molar-refractivity contribution in [3.63, 3.8) is 0 Å². The number of hydrogen-bond acceptors (Lipinski definition) is 7. The Hall–Kier alpha value is -2.87. The van der Waals surface area contributed by atoms with E-state index in [0.717, 1.165) is 11.8 Å². The summed E-state index contributed by atoms with van der Waals surface area (Å²) in [6.45, 7) is 1.35. The molecule has 1 atom stereocenters. The summed E-state index contributed by atoms with van der Waals surface area (Å²) in [4.78, 5) is 39.4. The highest BCUT2D eigenvalue weighted by Gasteiger charge is 2.31. The van der Waals surface area contributed by atoms with Crippen molar-refractivity contribution in [1.82, 2.24) is 9.80 Å². The molecule has 144 valence electrons. The van der Waals surface area contributed by atoms with Crippen LogP contribution in [-0.2, 0) is 14.3 Å². The average molecular weight is 374 g/mol. The second-order valence-electron chi connectivity index (χ2n) is 6.46. The Bertz CT molecular complexity index is 893. The Morgan fingerprint density at radius 2 is 2.00 bits per heavy atom. The number of methoxy groups -OCH3 is 1. The number of esters is 1. The number of carbonyl (C=O) groups excluding carboxylic acids is 2. The highest BCUT2D eigenvalue weighted by molar-refractivity contribution is 5.81. The predicted molar refractivity (Wildman–Crippen MR) is 97.6 cm³/mol. The van der Waals surface area contributed by atoms with Gasteiger partial charge in [-0.25, -0.2) is 4.79 Å². The van der Waals surface area contributed by atoms with Crippen molar-refractivity contribution in [3.8, 4) is 5.75 Å². The lowest BCUT2D eigenvalue weighted by Crippen LogP contribution is -2.47. The maximum Gasteiger partial charge on any atom is 0.336 e. The molecule has 0 N–H and O–H groups in total. The smallest absolute Gasteiger partial charge is 0.336 e. The van der Waals surface area contributed by atoms with Crippen LogP contribution in [0.25, 0.3) is 11.0 Å². The second-order valence-corrected chi connectivity index (χ2v) is 6.46. The summed E-state index contributed by atoms with van der Waals surface area (Å²) in [6, 6.07) is 7.57. The molecule has 0 bridgehead atoms. The van der Waals surface area contributed by atoms with E-state index in [2.05, 4.69) is 0 Å². The van der Waals surface area contributed by atoms with E-state index >= 15 is 0 Å². The minimum Gasteiger partial charge on any atom is -0.484 e. The van der Waals surface area contributed by atoms with Gasteiger partial charge in [0, 0.05) is 37.2 Å². The topological polar surface area (TPSA) is 89.3 Å². The third kappa shape index (κ3) is 4.46. The van der Waals surface area contributed by atoms with Crippen LogP contribution in [0.4, 0.5) is 0 Å². The third-order valence-corrected chi connectivity index (χ3v) is 4.65. The van der Waals surface area contributed by atoms with Gasteiger partial charge in [-0.3, -0.25) is 14.5 Å². The first-order valence-electron chi connectivity index (χ1n) is 8.70. The van der Waals surface area contributed by atoms with Gasteiger partial charge in [-0.15, -0.1) is 0 Å². The number of fused-ring (bicyclic) bond motifs is 1. The van der Waals surface area contributed by atoms with Gasteiger partial charge in [0.1, 0.15) is 17.4 Å². The molecule has 1 fully saturated rings. The Balaban J connectivity index is 1.66. The zero-order chi connectivity index (χ0) is 19.4. The first kappa shape index (κ1) is 18.9. The molecular weight excluding hydrogens is 352 g/mol. The van der Waals surface area contributed by atoms with Crippen molar-refractivity contribution >= 4 is 22.8 Å². The molecule has 8 heteroatoms. The molecule has 1 aromatic heterocycles. The molecule has 0 radical (unpaired) electrons. The Morgan fingerprint density at radius 1 is 1.22 bits per heavy atom. The van der Waals surface area contributed by atoms with Crippen LogP contribution in [-0.4, -0.2) is 68.1 Å². The largest absolute Gasteiger partial charge is 0.484 e. The van der Waals surface area contributed by atoms with Crippen LogP contribution in [0, 0.1) is 0 Å². The Labute approximate surface area is 156 Å². The molecule has 2 aromatic rings. The fraction of sp³-hybridized carbons (Fsp3) is 0.421. The number of hydrogen-bond donors (Lipinski definition) is 0. The summed E-state index contributed by atoms with van der Waals surface area (Å²) in [5.41, 5.74) is -0.0483. The molecular formula is C19H22N2O6. The number of likely N-dealkylation sites (N-methyl/N-ethyl adjacent to an activating group) is 1. The Morgan fingerprint density at radius 3 is 2.78 bits per heavy atom. The summed E-state index contributed by atoms with van der Waals surface area (Å²) >= 11 is 0. The summed E-state index contributed by atoms with van der Waals surface area (Å²) in [5.74, 6) is -0.141. The predicted octanol–water partition coefficient (Wildman–Crippen LogP) is 0.877. The van der Waals surface area contributed by atoms with Gasteiger partial charge in [0.05, 0.1) is 7.11 Å². The number of ether oxygens (including phenoxy) is 2. The monoisotopic (exact) mass is 374 g/mol. The molecule has 0 spiro atoms. The molecule has 1 aliphatic rings. The van der Waals surface area contributed by atoms with E-state index in [9.17, 15) is 14.4 Å². The second kappa shape index (κ2) is 8.22. The summed E-state index contributed by atoms with van der Waals surface area (Å²) in [6.07, 6.45) is 0.761. The summed E-state index contributed by atoms with van der Waals surface area (Å²) < 4.78 is 15.5. The zero-order valence-corrected chi connectivity index (χ0v) is 15.3. The van der Waals surface area contributed by atoms with Crippen molar-refractivity contribution in [1.29, 1.82) is 0 Å². The van der Waals surface area contributed by atoms with Crippen molar-refractivity contribution in [2.45, 2.75) is 12.5 Å². The van der Waals surface area contributed by atoms with E-state index in [1.165, 1.54) is 13.2 Å². The number of benzene rings is 1. The number of rotatable bonds is 4. The zero-order valence-electron chi connectivity index (χ0n) is 15.3. The number of carbonyl (C=O) groups is 2. The Kier molecular flexibility index (Phi) is 5.75. The molecule has 1 amide bonds. The van der Waals surface area contributed by atoms with Gasteiger partial charge in [-0.05, 0) is 31.7 Å². The summed E-state index contributed by atoms with van der Waals surface area (Å²) in [7, 11) is 3.18. The van der Waals surface area contributed by atoms with Gasteiger partial charge in [-0.1, -0.05) is 0 Å². The van der Waals surface area contributed by atoms with Crippen LogP contribution >= 0.6 is 0 Å². The van der Waals surface area contributed by atoms with E-state index in [4.69, 9.17) is 13.9 Å². The normalized spacial score (nSPS) is 18.1. The van der Waals surface area contributed by atoms with Gasteiger partial charge in [0.2, 0.25) is 0 Å². The molecule has 1 unspecified atom stereocenters. The SMILES string of the molecule is COC(=O)C1CN(C(=O)COc2ccc3ccc(=O)oc3c2)CCCN1C. The minimum absolute atomic E-state index is 0.166. The van der Waals surface area contributed by atoms with Gasteiger partial charge >= 0.3 is 11.6 Å². The average Bonchev–Trinajstić information content (AvgIpc) is 2.86. The van der Waals surface area contributed by atoms with Crippen LogP contribution in [0.3, 0.4) is 0 Å². The van der Waals surface area contributed by atoms with E-state index in [0.29, 0.717) is 24.4 Å². The van der Waals surface area contributed by atoms with Gasteiger partial charge in [-0.2, -0.15) is 0 Å². The quantitative estimate of drug-likeness (QED) is 0.580. The molecule has 27 heavy (non-hydrogen) atoms. The fourth-order valence-corrected chi connectivity index (χ4v) is 3.09. The molecule has 1 aromatic carbocycles. The molecule has 8 nitrogen and oxygen atoms in total. The van der Waals surface area contributed by atoms with Gasteiger partial charge < -0.3 is 18.8 Å². The number of amides is 1. The van der Waals surface area contributed by atoms with Crippen molar-refractivity contribution in [2.24, 2.45) is 0 Å². The lowest BCUT2D eigenvalue weighted by Gasteiger charge is -2.26. The molecule has 1 saturated heterocycles. The molecule has 3 rings (SSSR count). The maximum absolute atomic E-state index is 12.6. The molecule has 1 aliphatic heterocycles. The maximum atomic E-state index is 12.6.